The predicted octanol–water partition coefficient (Wildman–Crippen LogP) is 0.411. The van der Waals surface area contributed by atoms with Crippen molar-refractivity contribution in [1.29, 1.82) is 0 Å². The van der Waals surface area contributed by atoms with Crippen LogP contribution >= 0.6 is 0 Å². The number of nitrogens with one attached hydrogen (secondary N) is 1. The van der Waals surface area contributed by atoms with E-state index in [0.29, 0.717) is 18.3 Å². The van der Waals surface area contributed by atoms with Crippen molar-refractivity contribution in [3.63, 3.8) is 0 Å². The Morgan fingerprint density at radius 1 is 1.69 bits per heavy atom. The van der Waals surface area contributed by atoms with Crippen LogP contribution in [0.25, 0.3) is 0 Å². The summed E-state index contributed by atoms with van der Waals surface area (Å²) >= 11 is 0. The molecule has 5 heteroatoms. The summed E-state index contributed by atoms with van der Waals surface area (Å²) in [6, 6.07) is 0.384. The van der Waals surface area contributed by atoms with E-state index in [1.807, 2.05) is 0 Å². The van der Waals surface area contributed by atoms with E-state index in [1.165, 1.54) is 0 Å². The lowest BCUT2D eigenvalue weighted by Crippen LogP contribution is -2.27. The maximum absolute atomic E-state index is 12.0. The van der Waals surface area contributed by atoms with E-state index in [9.17, 15) is 4.79 Å². The van der Waals surface area contributed by atoms with E-state index in [1.54, 1.807) is 17.0 Å². The molecule has 1 saturated carbocycles. The second kappa shape index (κ2) is 4.25. The van der Waals surface area contributed by atoms with Crippen LogP contribution in [0, 0.1) is 5.92 Å². The molecular weight excluding hydrogens is 204 g/mol. The lowest BCUT2D eigenvalue weighted by Gasteiger charge is -2.10. The molecule has 1 aliphatic carbocycles. The molecule has 0 radical (unpaired) electrons. The minimum atomic E-state index is -0.0599. The number of anilines is 1. The number of nitrogens with two attached hydrogens (primary N) is 1. The fourth-order valence-corrected chi connectivity index (χ4v) is 1.64. The van der Waals surface area contributed by atoms with E-state index in [2.05, 4.69) is 24.1 Å². The summed E-state index contributed by atoms with van der Waals surface area (Å²) in [5.74, 6) is 0.859. The van der Waals surface area contributed by atoms with Crippen molar-refractivity contribution in [1.82, 2.24) is 9.55 Å². The molecule has 88 valence electrons. The topological polar surface area (TPSA) is 72.9 Å². The van der Waals surface area contributed by atoms with Gasteiger partial charge in [-0.1, -0.05) is 13.8 Å². The van der Waals surface area contributed by atoms with Crippen LogP contribution in [0.5, 0.6) is 0 Å². The van der Waals surface area contributed by atoms with Crippen LogP contribution in [0.15, 0.2) is 17.2 Å². The van der Waals surface area contributed by atoms with Gasteiger partial charge >= 0.3 is 0 Å². The molecule has 1 heterocycles. The molecule has 1 aromatic heterocycles. The first kappa shape index (κ1) is 11.1. The van der Waals surface area contributed by atoms with Crippen molar-refractivity contribution >= 4 is 5.82 Å². The van der Waals surface area contributed by atoms with Gasteiger partial charge in [0, 0.05) is 31.0 Å². The first-order valence-corrected chi connectivity index (χ1v) is 5.65. The van der Waals surface area contributed by atoms with Crippen molar-refractivity contribution < 1.29 is 0 Å². The Morgan fingerprint density at radius 3 is 2.94 bits per heavy atom. The molecule has 1 aromatic rings. The first-order chi connectivity index (χ1) is 7.58. The van der Waals surface area contributed by atoms with Gasteiger partial charge in [0.2, 0.25) is 0 Å². The third-order valence-corrected chi connectivity index (χ3v) is 2.64. The molecule has 1 fully saturated rings. The zero-order chi connectivity index (χ0) is 11.7. The minimum Gasteiger partial charge on any atom is -0.361 e. The van der Waals surface area contributed by atoms with Crippen molar-refractivity contribution in [2.45, 2.75) is 38.9 Å². The Hall–Kier alpha value is -1.36. The Labute approximate surface area is 94.7 Å². The molecule has 16 heavy (non-hydrogen) atoms. The highest BCUT2D eigenvalue weighted by atomic mass is 16.1. The van der Waals surface area contributed by atoms with E-state index in [-0.39, 0.29) is 17.6 Å². The molecule has 3 N–H and O–H groups in total. The Bertz CT molecular complexity index is 426. The minimum absolute atomic E-state index is 0.0599. The van der Waals surface area contributed by atoms with Crippen LogP contribution in [0.1, 0.15) is 20.3 Å². The molecule has 0 saturated heterocycles. The summed E-state index contributed by atoms with van der Waals surface area (Å²) in [4.78, 5) is 16.0. The molecule has 0 bridgehead atoms. The van der Waals surface area contributed by atoms with Gasteiger partial charge in [-0.05, 0) is 12.3 Å². The van der Waals surface area contributed by atoms with Crippen LogP contribution < -0.4 is 16.6 Å². The van der Waals surface area contributed by atoms with Gasteiger partial charge in [0.1, 0.15) is 0 Å². The number of nitrogens with zero attached hydrogens (tertiary/aromatic N) is 2. The van der Waals surface area contributed by atoms with Gasteiger partial charge in [-0.15, -0.1) is 0 Å². The fraction of sp³-hybridized carbons (Fsp3) is 0.636. The zero-order valence-electron chi connectivity index (χ0n) is 9.68. The summed E-state index contributed by atoms with van der Waals surface area (Å²) in [7, 11) is 0. The summed E-state index contributed by atoms with van der Waals surface area (Å²) in [5.41, 5.74) is 5.62. The van der Waals surface area contributed by atoms with Gasteiger partial charge in [0.05, 0.1) is 0 Å². The molecule has 0 aliphatic heterocycles. The fourth-order valence-electron chi connectivity index (χ4n) is 1.64. The number of aromatic nitrogens is 2. The van der Waals surface area contributed by atoms with Crippen molar-refractivity contribution in [2.24, 2.45) is 11.7 Å². The smallest absolute Gasteiger partial charge is 0.293 e. The highest BCUT2D eigenvalue weighted by molar-refractivity contribution is 5.35. The largest absolute Gasteiger partial charge is 0.361 e. The second-order valence-electron chi connectivity index (χ2n) is 4.78. The molecule has 0 aromatic carbocycles. The lowest BCUT2D eigenvalue weighted by molar-refractivity contribution is 0.509. The van der Waals surface area contributed by atoms with Crippen LogP contribution in [0.4, 0.5) is 5.82 Å². The normalized spacial score (nSPS) is 23.5. The zero-order valence-corrected chi connectivity index (χ0v) is 9.68. The molecule has 0 amide bonds. The highest BCUT2D eigenvalue weighted by Gasteiger charge is 2.34. The quantitative estimate of drug-likeness (QED) is 0.774. The van der Waals surface area contributed by atoms with E-state index < -0.39 is 0 Å². The van der Waals surface area contributed by atoms with Crippen molar-refractivity contribution in [2.75, 3.05) is 5.32 Å². The summed E-state index contributed by atoms with van der Waals surface area (Å²) in [5, 5.41) is 3.08. The number of rotatable bonds is 4. The Balaban J connectivity index is 2.16. The maximum atomic E-state index is 12.0. The number of hydrogen-bond donors (Lipinski definition) is 2. The first-order valence-electron chi connectivity index (χ1n) is 5.65. The Kier molecular flexibility index (Phi) is 2.96. The van der Waals surface area contributed by atoms with Crippen LogP contribution in [0.3, 0.4) is 0 Å². The summed E-state index contributed by atoms with van der Waals surface area (Å²) in [6.45, 7) is 4.88. The molecule has 2 unspecified atom stereocenters. The van der Waals surface area contributed by atoms with E-state index in [0.717, 1.165) is 6.42 Å². The molecule has 0 spiro atoms. The summed E-state index contributed by atoms with van der Waals surface area (Å²) < 4.78 is 1.69. The molecule has 1 aliphatic rings. The van der Waals surface area contributed by atoms with Gasteiger partial charge < -0.3 is 15.6 Å². The van der Waals surface area contributed by atoms with Gasteiger partial charge in [0.25, 0.3) is 5.56 Å². The summed E-state index contributed by atoms with van der Waals surface area (Å²) in [6.07, 6.45) is 4.29. The lowest BCUT2D eigenvalue weighted by atomic mass is 10.2. The SMILES string of the molecule is CC(C)Cn1ccnc(NC2CC2N)c1=O. The van der Waals surface area contributed by atoms with Gasteiger partial charge in [-0.2, -0.15) is 0 Å². The number of hydrogen-bond acceptors (Lipinski definition) is 4. The highest BCUT2D eigenvalue weighted by Crippen LogP contribution is 2.21. The van der Waals surface area contributed by atoms with Crippen LogP contribution in [-0.4, -0.2) is 21.6 Å². The molecular formula is C11H18N4O. The van der Waals surface area contributed by atoms with Crippen molar-refractivity contribution in [3.05, 3.63) is 22.7 Å². The monoisotopic (exact) mass is 222 g/mol. The molecule has 2 atom stereocenters. The maximum Gasteiger partial charge on any atom is 0.293 e. The Morgan fingerprint density at radius 2 is 2.38 bits per heavy atom. The average molecular weight is 222 g/mol. The predicted molar refractivity (Wildman–Crippen MR) is 63.3 cm³/mol. The molecule has 2 rings (SSSR count). The standard InChI is InChI=1S/C11H18N4O/c1-7(2)6-15-4-3-13-10(11(15)16)14-9-5-8(9)12/h3-4,7-9H,5-6,12H2,1-2H3,(H,13,14). The third-order valence-electron chi connectivity index (χ3n) is 2.64. The van der Waals surface area contributed by atoms with Gasteiger partial charge in [0.15, 0.2) is 5.82 Å². The molecule has 5 nitrogen and oxygen atoms in total. The van der Waals surface area contributed by atoms with Crippen molar-refractivity contribution in [3.8, 4) is 0 Å². The van der Waals surface area contributed by atoms with Gasteiger partial charge in [-0.25, -0.2) is 4.98 Å². The van der Waals surface area contributed by atoms with Crippen LogP contribution in [0.2, 0.25) is 0 Å². The van der Waals surface area contributed by atoms with Gasteiger partial charge in [-0.3, -0.25) is 4.79 Å². The van der Waals surface area contributed by atoms with E-state index >= 15 is 0 Å². The average Bonchev–Trinajstić information content (AvgIpc) is 2.88. The third kappa shape index (κ3) is 2.41. The second-order valence-corrected chi connectivity index (χ2v) is 4.78. The van der Waals surface area contributed by atoms with E-state index in [4.69, 9.17) is 5.73 Å². The van der Waals surface area contributed by atoms with Crippen LogP contribution in [-0.2, 0) is 6.54 Å².